The second-order valence-electron chi connectivity index (χ2n) is 5.54. The summed E-state index contributed by atoms with van der Waals surface area (Å²) in [6.07, 6.45) is 0.284. The minimum absolute atomic E-state index is 0.00940. The first-order chi connectivity index (χ1) is 9.72. The van der Waals surface area contributed by atoms with E-state index in [0.717, 1.165) is 5.56 Å². The summed E-state index contributed by atoms with van der Waals surface area (Å²) in [5.74, 6) is -0.162. The summed E-state index contributed by atoms with van der Waals surface area (Å²) in [5.41, 5.74) is 1.00. The Balaban J connectivity index is 1.93. The summed E-state index contributed by atoms with van der Waals surface area (Å²) in [6.45, 7) is 1.06. The molecule has 1 saturated carbocycles. The minimum Gasteiger partial charge on any atom is -0.469 e. The summed E-state index contributed by atoms with van der Waals surface area (Å²) >= 11 is 0. The van der Waals surface area contributed by atoms with E-state index in [-0.39, 0.29) is 41.8 Å². The molecule has 3 rings (SSSR count). The van der Waals surface area contributed by atoms with E-state index in [2.05, 4.69) is 0 Å². The Morgan fingerprint density at radius 1 is 1.30 bits per heavy atom. The van der Waals surface area contributed by atoms with Crippen LogP contribution in [0.25, 0.3) is 0 Å². The van der Waals surface area contributed by atoms with Gasteiger partial charge in [-0.1, -0.05) is 30.3 Å². The van der Waals surface area contributed by atoms with E-state index < -0.39 is 0 Å². The van der Waals surface area contributed by atoms with Crippen LogP contribution in [0.4, 0.5) is 0 Å². The lowest BCUT2D eigenvalue weighted by atomic mass is 9.82. The van der Waals surface area contributed by atoms with Gasteiger partial charge in [-0.25, -0.2) is 0 Å². The molecule has 0 amide bonds. The van der Waals surface area contributed by atoms with Gasteiger partial charge in [0.15, 0.2) is 0 Å². The summed E-state index contributed by atoms with van der Waals surface area (Å²) in [4.78, 5) is 24.3. The largest absolute Gasteiger partial charge is 0.469 e. The number of carbonyl (C=O) groups is 2. The van der Waals surface area contributed by atoms with E-state index in [9.17, 15) is 9.59 Å². The normalized spacial score (nSPS) is 32.1. The van der Waals surface area contributed by atoms with Gasteiger partial charge < -0.3 is 9.47 Å². The molecule has 4 heteroatoms. The van der Waals surface area contributed by atoms with Gasteiger partial charge in [0.25, 0.3) is 0 Å². The van der Waals surface area contributed by atoms with E-state index in [1.54, 1.807) is 0 Å². The van der Waals surface area contributed by atoms with Crippen molar-refractivity contribution < 1.29 is 19.1 Å². The lowest BCUT2D eigenvalue weighted by Gasteiger charge is -2.21. The summed E-state index contributed by atoms with van der Waals surface area (Å²) < 4.78 is 10.2. The number of hydrogen-bond donors (Lipinski definition) is 0. The Labute approximate surface area is 118 Å². The Morgan fingerprint density at radius 2 is 2.05 bits per heavy atom. The molecule has 20 heavy (non-hydrogen) atoms. The van der Waals surface area contributed by atoms with Gasteiger partial charge in [-0.05, 0) is 17.4 Å². The molecule has 1 aromatic rings. The predicted octanol–water partition coefficient (Wildman–Crippen LogP) is 1.79. The average Bonchev–Trinajstić information content (AvgIpc) is 3.04. The minimum atomic E-state index is -0.253. The van der Waals surface area contributed by atoms with Crippen molar-refractivity contribution in [2.24, 2.45) is 17.8 Å². The highest BCUT2D eigenvalue weighted by molar-refractivity contribution is 5.92. The van der Waals surface area contributed by atoms with Crippen molar-refractivity contribution >= 4 is 11.8 Å². The molecule has 0 radical (unpaired) electrons. The van der Waals surface area contributed by atoms with E-state index in [0.29, 0.717) is 13.2 Å². The van der Waals surface area contributed by atoms with E-state index >= 15 is 0 Å². The number of ether oxygens (including phenoxy) is 2. The summed E-state index contributed by atoms with van der Waals surface area (Å²) in [5, 5.41) is 0. The van der Waals surface area contributed by atoms with Crippen LogP contribution in [0.5, 0.6) is 0 Å². The second kappa shape index (κ2) is 5.37. The lowest BCUT2D eigenvalue weighted by molar-refractivity contribution is -0.142. The quantitative estimate of drug-likeness (QED) is 0.789. The highest BCUT2D eigenvalue weighted by Crippen LogP contribution is 2.48. The molecule has 1 aliphatic carbocycles. The van der Waals surface area contributed by atoms with E-state index in [4.69, 9.17) is 9.47 Å². The van der Waals surface area contributed by atoms with Crippen LogP contribution in [0.2, 0.25) is 0 Å². The Bertz CT molecular complexity index is 510. The molecule has 106 valence electrons. The number of methoxy groups -OCH3 is 1. The predicted molar refractivity (Wildman–Crippen MR) is 72.1 cm³/mol. The molecule has 1 aromatic carbocycles. The maximum absolute atomic E-state index is 12.6. The second-order valence-corrected chi connectivity index (χ2v) is 5.54. The average molecular weight is 274 g/mol. The highest BCUT2D eigenvalue weighted by atomic mass is 16.5. The van der Waals surface area contributed by atoms with Crippen molar-refractivity contribution in [1.82, 2.24) is 0 Å². The fourth-order valence-corrected chi connectivity index (χ4v) is 3.59. The van der Waals surface area contributed by atoms with Crippen molar-refractivity contribution in [2.45, 2.75) is 12.3 Å². The van der Waals surface area contributed by atoms with Crippen LogP contribution in [0.3, 0.4) is 0 Å². The molecule has 2 aliphatic rings. The molecule has 4 nitrogen and oxygen atoms in total. The molecule has 1 aliphatic heterocycles. The van der Waals surface area contributed by atoms with Crippen LogP contribution in [0.1, 0.15) is 17.9 Å². The molecule has 1 heterocycles. The molecule has 4 atom stereocenters. The highest BCUT2D eigenvalue weighted by Gasteiger charge is 2.53. The molecule has 1 saturated heterocycles. The van der Waals surface area contributed by atoms with Gasteiger partial charge in [-0.3, -0.25) is 9.59 Å². The Morgan fingerprint density at radius 3 is 2.75 bits per heavy atom. The van der Waals surface area contributed by atoms with Gasteiger partial charge >= 0.3 is 5.97 Å². The molecular formula is C16H18O4. The zero-order valence-electron chi connectivity index (χ0n) is 11.5. The molecule has 0 N–H and O–H groups in total. The maximum Gasteiger partial charge on any atom is 0.305 e. The van der Waals surface area contributed by atoms with Crippen molar-refractivity contribution in [1.29, 1.82) is 0 Å². The topological polar surface area (TPSA) is 52.6 Å². The van der Waals surface area contributed by atoms with Crippen molar-refractivity contribution in [3.05, 3.63) is 35.9 Å². The Hall–Kier alpha value is -1.68. The number of fused-ring (bicyclic) bond motifs is 1. The molecule has 2 unspecified atom stereocenters. The van der Waals surface area contributed by atoms with Crippen LogP contribution >= 0.6 is 0 Å². The van der Waals surface area contributed by atoms with Crippen LogP contribution < -0.4 is 0 Å². The van der Waals surface area contributed by atoms with Crippen molar-refractivity contribution in [3.8, 4) is 0 Å². The number of benzene rings is 1. The smallest absolute Gasteiger partial charge is 0.305 e. The van der Waals surface area contributed by atoms with E-state index in [1.165, 1.54) is 7.11 Å². The third-order valence-corrected chi connectivity index (χ3v) is 4.56. The van der Waals surface area contributed by atoms with Gasteiger partial charge in [0.05, 0.1) is 20.3 Å². The summed E-state index contributed by atoms with van der Waals surface area (Å²) in [6, 6.07) is 9.73. The Kier molecular flexibility index (Phi) is 3.57. The number of ketones is 1. The zero-order chi connectivity index (χ0) is 14.1. The summed E-state index contributed by atoms with van der Waals surface area (Å²) in [7, 11) is 1.39. The number of esters is 1. The molecule has 2 fully saturated rings. The first-order valence-electron chi connectivity index (χ1n) is 6.95. The van der Waals surface area contributed by atoms with Gasteiger partial charge in [0.2, 0.25) is 0 Å². The van der Waals surface area contributed by atoms with Crippen molar-refractivity contribution in [2.75, 3.05) is 20.3 Å². The third kappa shape index (κ3) is 2.14. The van der Waals surface area contributed by atoms with Crippen LogP contribution in [-0.4, -0.2) is 32.1 Å². The number of hydrogen-bond acceptors (Lipinski definition) is 4. The first kappa shape index (κ1) is 13.3. The fraction of sp³-hybridized carbons (Fsp3) is 0.500. The van der Waals surface area contributed by atoms with Gasteiger partial charge in [0, 0.05) is 18.3 Å². The SMILES string of the molecule is COC(=O)C[C@H]1C2COCC2C(=O)[C@@H]1c1ccccc1. The van der Waals surface area contributed by atoms with E-state index in [1.807, 2.05) is 30.3 Å². The van der Waals surface area contributed by atoms with Gasteiger partial charge in [0.1, 0.15) is 5.78 Å². The number of carbonyl (C=O) groups excluding carboxylic acids is 2. The van der Waals surface area contributed by atoms with Crippen molar-refractivity contribution in [3.63, 3.8) is 0 Å². The monoisotopic (exact) mass is 274 g/mol. The number of rotatable bonds is 3. The maximum atomic E-state index is 12.6. The number of Topliss-reactive ketones (excluding diaryl/α,β-unsaturated/α-hetero) is 1. The molecular weight excluding hydrogens is 256 g/mol. The molecule has 0 bridgehead atoms. The molecule has 0 aromatic heterocycles. The first-order valence-corrected chi connectivity index (χ1v) is 6.95. The lowest BCUT2D eigenvalue weighted by Crippen LogP contribution is -2.22. The van der Waals surface area contributed by atoms with Gasteiger partial charge in [-0.15, -0.1) is 0 Å². The standard InChI is InChI=1S/C16H18O4/c1-19-14(17)7-11-12-8-20-9-13(12)16(18)15(11)10-5-3-2-4-6-10/h2-6,11-13,15H,7-9H2,1H3/t11-,12?,13?,15+/m0/s1. The van der Waals surface area contributed by atoms with Crippen LogP contribution in [-0.2, 0) is 19.1 Å². The van der Waals surface area contributed by atoms with Crippen LogP contribution in [0, 0.1) is 17.8 Å². The zero-order valence-corrected chi connectivity index (χ0v) is 11.5. The molecule has 0 spiro atoms. The van der Waals surface area contributed by atoms with Crippen LogP contribution in [0.15, 0.2) is 30.3 Å². The fourth-order valence-electron chi connectivity index (χ4n) is 3.59. The third-order valence-electron chi connectivity index (χ3n) is 4.56. The van der Waals surface area contributed by atoms with Gasteiger partial charge in [-0.2, -0.15) is 0 Å².